The molecule has 0 bridgehead atoms. The molecule has 3 aromatic rings. The number of hydrazone groups is 1. The lowest BCUT2D eigenvalue weighted by Gasteiger charge is -2.42. The number of aryl methyl sites for hydroxylation is 1. The number of hydrogen-bond donors (Lipinski definition) is 4. The van der Waals surface area contributed by atoms with Crippen molar-refractivity contribution in [3.63, 3.8) is 0 Å². The number of carbonyl (C=O) groups is 1. The van der Waals surface area contributed by atoms with E-state index in [0.29, 0.717) is 55.5 Å². The van der Waals surface area contributed by atoms with E-state index in [1.807, 2.05) is 29.8 Å². The Morgan fingerprint density at radius 1 is 1.26 bits per heavy atom. The number of aromatic nitrogens is 4. The van der Waals surface area contributed by atoms with Crippen LogP contribution in [0.1, 0.15) is 58.7 Å². The summed E-state index contributed by atoms with van der Waals surface area (Å²) in [7, 11) is 5.01. The molecule has 5 rings (SSSR count). The van der Waals surface area contributed by atoms with Gasteiger partial charge in [0.2, 0.25) is 0 Å². The zero-order chi connectivity index (χ0) is 31.1. The van der Waals surface area contributed by atoms with E-state index in [-0.39, 0.29) is 11.3 Å². The second-order valence-electron chi connectivity index (χ2n) is 10.7. The molecule has 1 fully saturated rings. The second-order valence-corrected chi connectivity index (χ2v) is 12.0. The Morgan fingerprint density at radius 2 is 2.02 bits per heavy atom. The number of anilines is 1. The number of benzene rings is 1. The first kappa shape index (κ1) is 32.4. The van der Waals surface area contributed by atoms with Gasteiger partial charge in [-0.05, 0) is 66.7 Å². The van der Waals surface area contributed by atoms with E-state index in [9.17, 15) is 4.79 Å². The molecule has 43 heavy (non-hydrogen) atoms. The van der Waals surface area contributed by atoms with Gasteiger partial charge in [-0.3, -0.25) is 9.69 Å². The monoisotopic (exact) mass is 610 g/mol. The maximum atomic E-state index is 14.0. The minimum Gasteiger partial charge on any atom is -0.400 e. The minimum absolute atomic E-state index is 0.112. The van der Waals surface area contributed by atoms with E-state index >= 15 is 0 Å². The number of nitrogens with one attached hydrogen (secondary N) is 1. The Balaban J connectivity index is 0.00000207. The SMILES string of the molecule is CCCN(C)Cc1cc2c(c(/C(=N/N)NN)c1)CN(c1cc(C3(Cc4nncn4C)COC3)cc(SCC)n1)C2=O.CO. The number of carbonyl (C=O) groups excluding carboxylic acids is 1. The molecule has 6 N–H and O–H groups in total. The summed E-state index contributed by atoms with van der Waals surface area (Å²) in [4.78, 5) is 22.9. The van der Waals surface area contributed by atoms with Gasteiger partial charge in [-0.1, -0.05) is 13.8 Å². The summed E-state index contributed by atoms with van der Waals surface area (Å²) in [5.41, 5.74) is 6.53. The van der Waals surface area contributed by atoms with Gasteiger partial charge in [-0.25, -0.2) is 10.8 Å². The van der Waals surface area contributed by atoms with E-state index < -0.39 is 0 Å². The predicted octanol–water partition coefficient (Wildman–Crippen LogP) is 1.53. The van der Waals surface area contributed by atoms with Crippen molar-refractivity contribution in [2.45, 2.75) is 50.2 Å². The van der Waals surface area contributed by atoms with Gasteiger partial charge in [-0.15, -0.1) is 22.0 Å². The average molecular weight is 611 g/mol. The Hall–Kier alpha value is -3.56. The number of aliphatic hydroxyl groups excluding tert-OH is 1. The van der Waals surface area contributed by atoms with Crippen LogP contribution in [-0.2, 0) is 36.7 Å². The molecule has 0 unspecified atom stereocenters. The maximum Gasteiger partial charge on any atom is 0.260 e. The zero-order valence-electron chi connectivity index (χ0n) is 25.5. The Kier molecular flexibility index (Phi) is 10.7. The summed E-state index contributed by atoms with van der Waals surface area (Å²) in [6, 6.07) is 8.13. The number of hydrogen-bond acceptors (Lipinski definition) is 11. The van der Waals surface area contributed by atoms with Crippen LogP contribution >= 0.6 is 11.8 Å². The molecule has 4 heterocycles. The molecule has 232 valence electrons. The largest absolute Gasteiger partial charge is 0.400 e. The third kappa shape index (κ3) is 6.68. The summed E-state index contributed by atoms with van der Waals surface area (Å²) < 4.78 is 7.67. The fourth-order valence-electron chi connectivity index (χ4n) is 5.56. The Morgan fingerprint density at radius 3 is 2.60 bits per heavy atom. The van der Waals surface area contributed by atoms with Crippen molar-refractivity contribution in [3.05, 3.63) is 64.2 Å². The molecular weight excluding hydrogens is 568 g/mol. The highest BCUT2D eigenvalue weighted by Crippen LogP contribution is 2.40. The summed E-state index contributed by atoms with van der Waals surface area (Å²) in [5.74, 6) is 14.0. The number of nitrogens with two attached hydrogens (primary N) is 2. The van der Waals surface area contributed by atoms with Gasteiger partial charge in [0.1, 0.15) is 18.0 Å². The number of fused-ring (bicyclic) bond motifs is 1. The molecule has 14 heteroatoms. The first-order valence-electron chi connectivity index (χ1n) is 14.2. The lowest BCUT2D eigenvalue weighted by molar-refractivity contribution is -0.0612. The van der Waals surface area contributed by atoms with Gasteiger partial charge in [-0.2, -0.15) is 5.10 Å². The van der Waals surface area contributed by atoms with Crippen molar-refractivity contribution >= 4 is 29.3 Å². The van der Waals surface area contributed by atoms with Crippen LogP contribution in [0.3, 0.4) is 0 Å². The number of pyridine rings is 1. The zero-order valence-corrected chi connectivity index (χ0v) is 26.3. The molecule has 0 saturated carbocycles. The average Bonchev–Trinajstić information content (AvgIpc) is 3.54. The molecule has 0 spiro atoms. The van der Waals surface area contributed by atoms with Crippen LogP contribution in [-0.4, -0.2) is 81.2 Å². The van der Waals surface area contributed by atoms with Crippen molar-refractivity contribution in [3.8, 4) is 0 Å². The van der Waals surface area contributed by atoms with Crippen molar-refractivity contribution in [2.24, 2.45) is 23.8 Å². The number of rotatable bonds is 11. The summed E-state index contributed by atoms with van der Waals surface area (Å²) in [6.07, 6.45) is 3.42. The van der Waals surface area contributed by atoms with E-state index in [1.54, 1.807) is 23.0 Å². The van der Waals surface area contributed by atoms with Gasteiger partial charge in [0.25, 0.3) is 5.91 Å². The van der Waals surface area contributed by atoms with Crippen molar-refractivity contribution in [2.75, 3.05) is 44.6 Å². The second kappa shape index (κ2) is 14.3. The van der Waals surface area contributed by atoms with Gasteiger partial charge in [0, 0.05) is 43.7 Å². The Labute approximate surface area is 256 Å². The normalized spacial score (nSPS) is 15.7. The summed E-state index contributed by atoms with van der Waals surface area (Å²) >= 11 is 1.65. The van der Waals surface area contributed by atoms with Crippen LogP contribution in [0.2, 0.25) is 0 Å². The van der Waals surface area contributed by atoms with Gasteiger partial charge < -0.3 is 30.6 Å². The molecule has 2 aliphatic rings. The smallest absolute Gasteiger partial charge is 0.260 e. The maximum absolute atomic E-state index is 14.0. The van der Waals surface area contributed by atoms with Crippen molar-refractivity contribution < 1.29 is 14.6 Å². The topological polar surface area (TPSA) is 173 Å². The van der Waals surface area contributed by atoms with Crippen LogP contribution < -0.4 is 22.0 Å². The van der Waals surface area contributed by atoms with E-state index in [4.69, 9.17) is 26.5 Å². The van der Waals surface area contributed by atoms with Crippen LogP contribution in [0.15, 0.2) is 40.7 Å². The number of amidine groups is 1. The van der Waals surface area contributed by atoms with Crippen LogP contribution in [0.25, 0.3) is 0 Å². The molecule has 2 aromatic heterocycles. The quantitative estimate of drug-likeness (QED) is 0.0815. The fraction of sp³-hybridized carbons (Fsp3) is 0.483. The molecule has 0 atom stereocenters. The number of aliphatic hydroxyl groups is 1. The van der Waals surface area contributed by atoms with E-state index in [0.717, 1.165) is 53.4 Å². The lowest BCUT2D eigenvalue weighted by atomic mass is 9.76. The number of thioether (sulfide) groups is 1. The number of amides is 1. The lowest BCUT2D eigenvalue weighted by Crippen LogP contribution is -2.49. The molecule has 0 radical (unpaired) electrons. The highest BCUT2D eigenvalue weighted by molar-refractivity contribution is 7.99. The first-order chi connectivity index (χ1) is 20.8. The van der Waals surface area contributed by atoms with Crippen LogP contribution in [0, 0.1) is 0 Å². The number of ether oxygens (including phenoxy) is 1. The molecule has 1 amide bonds. The van der Waals surface area contributed by atoms with Crippen molar-refractivity contribution in [1.82, 2.24) is 30.1 Å². The first-order valence-corrected chi connectivity index (χ1v) is 15.2. The molecule has 0 aliphatic carbocycles. The van der Waals surface area contributed by atoms with Gasteiger partial charge in [0.05, 0.1) is 24.8 Å². The Bertz CT molecular complexity index is 1460. The van der Waals surface area contributed by atoms with Gasteiger partial charge in [0.15, 0.2) is 5.84 Å². The highest BCUT2D eigenvalue weighted by atomic mass is 32.2. The summed E-state index contributed by atoms with van der Waals surface area (Å²) in [5, 5.41) is 20.1. The molecule has 2 aliphatic heterocycles. The molecule has 13 nitrogen and oxygen atoms in total. The number of nitrogens with zero attached hydrogens (tertiary/aromatic N) is 7. The van der Waals surface area contributed by atoms with E-state index in [1.165, 1.54) is 0 Å². The standard InChI is InChI=1S/C28H38N10O2S.CH4O/c1-5-7-36(3)13-18-8-20(26(33-29)34-30)22-14-38(27(39)21(22)9-18)23-10-19(11-25(32-23)41-6-2)28(15-40-16-28)12-24-35-31-17-37(24)4;1-2/h8-11,17H,5-7,12-16,29-30H2,1-4H3,(H,33,34);2H,1H3. The number of hydrazine groups is 1. The van der Waals surface area contributed by atoms with Crippen LogP contribution in [0.5, 0.6) is 0 Å². The molecule has 1 saturated heterocycles. The highest BCUT2D eigenvalue weighted by Gasteiger charge is 2.43. The van der Waals surface area contributed by atoms with Crippen LogP contribution in [0.4, 0.5) is 5.82 Å². The molecule has 1 aromatic carbocycles. The van der Waals surface area contributed by atoms with E-state index in [2.05, 4.69) is 52.6 Å². The molecular formula is C29H42N10O3S. The minimum atomic E-state index is -0.276. The summed E-state index contributed by atoms with van der Waals surface area (Å²) in [6.45, 7) is 7.30. The third-order valence-corrected chi connectivity index (χ3v) is 8.50. The fourth-order valence-corrected chi connectivity index (χ4v) is 6.22. The van der Waals surface area contributed by atoms with Gasteiger partial charge >= 0.3 is 0 Å². The van der Waals surface area contributed by atoms with Crippen molar-refractivity contribution in [1.29, 1.82) is 0 Å². The third-order valence-electron chi connectivity index (χ3n) is 7.71. The predicted molar refractivity (Wildman–Crippen MR) is 168 cm³/mol.